The number of para-hydroxylation sites is 1. The maximum atomic E-state index is 12.1. The van der Waals surface area contributed by atoms with Gasteiger partial charge in [0.25, 0.3) is 0 Å². The second-order valence-corrected chi connectivity index (χ2v) is 5.60. The fourth-order valence-electron chi connectivity index (χ4n) is 2.63. The fourth-order valence-corrected chi connectivity index (χ4v) is 2.63. The number of likely N-dealkylation sites (N-methyl/N-ethyl adjacent to an activating group) is 1. The lowest BCUT2D eigenvalue weighted by molar-refractivity contribution is -0.129. The summed E-state index contributed by atoms with van der Waals surface area (Å²) in [4.78, 5) is 13.9. The van der Waals surface area contributed by atoms with E-state index in [2.05, 4.69) is 5.32 Å². The van der Waals surface area contributed by atoms with Crippen LogP contribution in [0.5, 0.6) is 5.75 Å². The van der Waals surface area contributed by atoms with E-state index in [9.17, 15) is 9.90 Å². The van der Waals surface area contributed by atoms with E-state index in [1.165, 1.54) is 12.8 Å². The lowest BCUT2D eigenvalue weighted by atomic mass is 9.94. The van der Waals surface area contributed by atoms with Crippen LogP contribution in [-0.4, -0.2) is 42.6 Å². The molecule has 0 bridgehead atoms. The first-order chi connectivity index (χ1) is 9.66. The molecule has 0 radical (unpaired) electrons. The van der Waals surface area contributed by atoms with Crippen LogP contribution in [0.1, 0.15) is 24.8 Å². The highest BCUT2D eigenvalue weighted by atomic mass is 16.3. The Morgan fingerprint density at radius 1 is 1.35 bits per heavy atom. The molecule has 1 aliphatic heterocycles. The molecule has 0 aliphatic carbocycles. The summed E-state index contributed by atoms with van der Waals surface area (Å²) in [6, 6.07) is 7.03. The van der Waals surface area contributed by atoms with Gasteiger partial charge in [-0.05, 0) is 44.3 Å². The molecule has 4 heteroatoms. The van der Waals surface area contributed by atoms with Crippen molar-refractivity contribution in [3.05, 3.63) is 29.8 Å². The third kappa shape index (κ3) is 4.23. The molecule has 0 spiro atoms. The normalized spacial score (nSPS) is 16.1. The molecule has 0 saturated carbocycles. The van der Waals surface area contributed by atoms with Gasteiger partial charge in [-0.2, -0.15) is 0 Å². The van der Waals surface area contributed by atoms with E-state index < -0.39 is 0 Å². The molecule has 1 aliphatic rings. The zero-order valence-corrected chi connectivity index (χ0v) is 12.1. The lowest BCUT2D eigenvalue weighted by Crippen LogP contribution is -2.33. The lowest BCUT2D eigenvalue weighted by Gasteiger charge is -2.25. The van der Waals surface area contributed by atoms with E-state index in [4.69, 9.17) is 0 Å². The number of nitrogens with zero attached hydrogens (tertiary/aromatic N) is 1. The number of nitrogens with one attached hydrogen (secondary N) is 1. The Balaban J connectivity index is 1.78. The van der Waals surface area contributed by atoms with Crippen molar-refractivity contribution in [2.75, 3.05) is 26.7 Å². The molecule has 1 amide bonds. The molecule has 0 aromatic heterocycles. The van der Waals surface area contributed by atoms with Crippen LogP contribution in [0.15, 0.2) is 24.3 Å². The third-order valence-electron chi connectivity index (χ3n) is 4.09. The second-order valence-electron chi connectivity index (χ2n) is 5.60. The molecular formula is C16H24N2O2. The molecule has 110 valence electrons. The highest BCUT2D eigenvalue weighted by Gasteiger charge is 2.16. The molecule has 1 heterocycles. The molecule has 1 aromatic carbocycles. The number of rotatable bonds is 5. The number of carbonyl (C=O) groups excluding carboxylic acids is 1. The van der Waals surface area contributed by atoms with Gasteiger partial charge in [0.2, 0.25) is 5.91 Å². The number of aromatic hydroxyl groups is 1. The maximum absolute atomic E-state index is 12.1. The average molecular weight is 276 g/mol. The summed E-state index contributed by atoms with van der Waals surface area (Å²) >= 11 is 0. The Bertz CT molecular complexity index is 442. The highest BCUT2D eigenvalue weighted by molar-refractivity contribution is 5.79. The SMILES string of the molecule is CN(CCC1CCNCC1)C(=O)Cc1ccccc1O. The fraction of sp³-hybridized carbons (Fsp3) is 0.562. The zero-order chi connectivity index (χ0) is 14.4. The second kappa shape index (κ2) is 7.29. The summed E-state index contributed by atoms with van der Waals surface area (Å²) in [5, 5.41) is 13.1. The van der Waals surface area contributed by atoms with Gasteiger partial charge >= 0.3 is 0 Å². The van der Waals surface area contributed by atoms with Crippen LogP contribution in [0.3, 0.4) is 0 Å². The van der Waals surface area contributed by atoms with E-state index in [-0.39, 0.29) is 18.1 Å². The van der Waals surface area contributed by atoms with Crippen molar-refractivity contribution < 1.29 is 9.90 Å². The summed E-state index contributed by atoms with van der Waals surface area (Å²) < 4.78 is 0. The van der Waals surface area contributed by atoms with Crippen LogP contribution in [0.25, 0.3) is 0 Å². The largest absolute Gasteiger partial charge is 0.508 e. The van der Waals surface area contributed by atoms with Gasteiger partial charge in [-0.25, -0.2) is 0 Å². The van der Waals surface area contributed by atoms with Gasteiger partial charge in [-0.1, -0.05) is 18.2 Å². The number of carbonyl (C=O) groups is 1. The molecule has 1 saturated heterocycles. The van der Waals surface area contributed by atoms with Gasteiger partial charge in [-0.15, -0.1) is 0 Å². The van der Waals surface area contributed by atoms with Crippen LogP contribution in [0.2, 0.25) is 0 Å². The maximum Gasteiger partial charge on any atom is 0.226 e. The van der Waals surface area contributed by atoms with Crippen molar-refractivity contribution in [3.8, 4) is 5.75 Å². The molecule has 1 aromatic rings. The number of amides is 1. The number of hydrogen-bond donors (Lipinski definition) is 2. The summed E-state index contributed by atoms with van der Waals surface area (Å²) in [5.74, 6) is 1.00. The van der Waals surface area contributed by atoms with Crippen molar-refractivity contribution in [3.63, 3.8) is 0 Å². The van der Waals surface area contributed by atoms with Gasteiger partial charge < -0.3 is 15.3 Å². The number of phenols is 1. The Kier molecular flexibility index (Phi) is 5.41. The molecule has 2 N–H and O–H groups in total. The molecule has 20 heavy (non-hydrogen) atoms. The van der Waals surface area contributed by atoms with Gasteiger partial charge in [0.1, 0.15) is 5.75 Å². The smallest absolute Gasteiger partial charge is 0.226 e. The van der Waals surface area contributed by atoms with Crippen molar-refractivity contribution in [1.82, 2.24) is 10.2 Å². The monoisotopic (exact) mass is 276 g/mol. The van der Waals surface area contributed by atoms with Gasteiger partial charge in [0.15, 0.2) is 0 Å². The molecule has 1 fully saturated rings. The number of hydrogen-bond acceptors (Lipinski definition) is 3. The minimum atomic E-state index is 0.0698. The highest BCUT2D eigenvalue weighted by Crippen LogP contribution is 2.18. The predicted octanol–water partition coefficient (Wildman–Crippen LogP) is 1.78. The van der Waals surface area contributed by atoms with Crippen LogP contribution < -0.4 is 5.32 Å². The summed E-state index contributed by atoms with van der Waals surface area (Å²) in [6.07, 6.45) is 3.77. The summed E-state index contributed by atoms with van der Waals surface area (Å²) in [6.45, 7) is 3.00. The van der Waals surface area contributed by atoms with E-state index in [0.717, 1.165) is 32.0 Å². The molecule has 4 nitrogen and oxygen atoms in total. The van der Waals surface area contributed by atoms with Gasteiger partial charge in [0, 0.05) is 19.2 Å². The van der Waals surface area contributed by atoms with Crippen molar-refractivity contribution >= 4 is 5.91 Å². The minimum Gasteiger partial charge on any atom is -0.508 e. The van der Waals surface area contributed by atoms with E-state index in [1.807, 2.05) is 13.1 Å². The van der Waals surface area contributed by atoms with Crippen molar-refractivity contribution in [1.29, 1.82) is 0 Å². The topological polar surface area (TPSA) is 52.6 Å². The van der Waals surface area contributed by atoms with Crippen LogP contribution in [-0.2, 0) is 11.2 Å². The first-order valence-electron chi connectivity index (χ1n) is 7.38. The van der Waals surface area contributed by atoms with E-state index in [0.29, 0.717) is 5.56 Å². The van der Waals surface area contributed by atoms with Crippen LogP contribution >= 0.6 is 0 Å². The first-order valence-corrected chi connectivity index (χ1v) is 7.38. The molecule has 2 rings (SSSR count). The Morgan fingerprint density at radius 2 is 2.05 bits per heavy atom. The third-order valence-corrected chi connectivity index (χ3v) is 4.09. The van der Waals surface area contributed by atoms with Crippen molar-refractivity contribution in [2.45, 2.75) is 25.7 Å². The average Bonchev–Trinajstić information content (AvgIpc) is 2.48. The van der Waals surface area contributed by atoms with Crippen LogP contribution in [0, 0.1) is 5.92 Å². The van der Waals surface area contributed by atoms with E-state index >= 15 is 0 Å². The predicted molar refractivity (Wildman–Crippen MR) is 79.7 cm³/mol. The molecule has 0 atom stereocenters. The zero-order valence-electron chi connectivity index (χ0n) is 12.1. The minimum absolute atomic E-state index is 0.0698. The number of phenolic OH excluding ortho intramolecular Hbond substituents is 1. The van der Waals surface area contributed by atoms with Gasteiger partial charge in [-0.3, -0.25) is 4.79 Å². The standard InChI is InChI=1S/C16H24N2O2/c1-18(11-8-13-6-9-17-10-7-13)16(20)12-14-4-2-3-5-15(14)19/h2-5,13,17,19H,6-12H2,1H3. The number of benzene rings is 1. The molecule has 0 unspecified atom stereocenters. The first kappa shape index (κ1) is 14.9. The molecular weight excluding hydrogens is 252 g/mol. The van der Waals surface area contributed by atoms with Gasteiger partial charge in [0.05, 0.1) is 6.42 Å². The Morgan fingerprint density at radius 3 is 2.75 bits per heavy atom. The Labute approximate surface area is 120 Å². The van der Waals surface area contributed by atoms with Crippen molar-refractivity contribution in [2.24, 2.45) is 5.92 Å². The summed E-state index contributed by atoms with van der Waals surface area (Å²) in [5.41, 5.74) is 0.700. The summed E-state index contributed by atoms with van der Waals surface area (Å²) in [7, 11) is 1.85. The quantitative estimate of drug-likeness (QED) is 0.862. The Hall–Kier alpha value is -1.55. The van der Waals surface area contributed by atoms with Crippen LogP contribution in [0.4, 0.5) is 0 Å². The van der Waals surface area contributed by atoms with E-state index in [1.54, 1.807) is 23.1 Å². The number of piperidine rings is 1.